The SMILES string of the molecule is CC(C)(C)S(=O)(=O)c1ccc(NCc2ccc(N3CCc4ccccc4C3)nc2)cn1. The number of hydrogen-bond acceptors (Lipinski definition) is 6. The molecule has 0 bridgehead atoms. The van der Waals surface area contributed by atoms with Gasteiger partial charge in [0.1, 0.15) is 5.82 Å². The highest BCUT2D eigenvalue weighted by Crippen LogP contribution is 2.25. The lowest BCUT2D eigenvalue weighted by Crippen LogP contribution is -2.30. The summed E-state index contributed by atoms with van der Waals surface area (Å²) in [5.74, 6) is 0.983. The summed E-state index contributed by atoms with van der Waals surface area (Å²) in [5, 5.41) is 3.38. The first kappa shape index (κ1) is 21.3. The summed E-state index contributed by atoms with van der Waals surface area (Å²) < 4.78 is 24.1. The molecular weight excluding hydrogens is 408 g/mol. The summed E-state index contributed by atoms with van der Waals surface area (Å²) in [6, 6.07) is 16.0. The smallest absolute Gasteiger partial charge is 0.200 e. The van der Waals surface area contributed by atoms with Gasteiger partial charge in [-0.3, -0.25) is 0 Å². The van der Waals surface area contributed by atoms with Crippen LogP contribution in [-0.2, 0) is 29.3 Å². The predicted octanol–water partition coefficient (Wildman–Crippen LogP) is 4.22. The zero-order chi connectivity index (χ0) is 22.1. The summed E-state index contributed by atoms with van der Waals surface area (Å²) in [4.78, 5) is 11.1. The lowest BCUT2D eigenvalue weighted by molar-refractivity contribution is 0.556. The summed E-state index contributed by atoms with van der Waals surface area (Å²) in [6.45, 7) is 7.47. The second kappa shape index (κ2) is 8.30. The highest BCUT2D eigenvalue weighted by Gasteiger charge is 2.31. The van der Waals surface area contributed by atoms with Crippen molar-refractivity contribution in [2.45, 2.75) is 50.1 Å². The van der Waals surface area contributed by atoms with Crippen LogP contribution >= 0.6 is 0 Å². The lowest BCUT2D eigenvalue weighted by Gasteiger charge is -2.29. The van der Waals surface area contributed by atoms with Crippen molar-refractivity contribution in [1.82, 2.24) is 9.97 Å². The fourth-order valence-electron chi connectivity index (χ4n) is 3.56. The third kappa shape index (κ3) is 4.56. The Morgan fingerprint density at radius 1 is 0.968 bits per heavy atom. The number of sulfone groups is 1. The second-order valence-corrected chi connectivity index (χ2v) is 11.5. The maximum Gasteiger partial charge on any atom is 0.200 e. The average Bonchev–Trinajstić information content (AvgIpc) is 2.77. The molecule has 3 aromatic rings. The molecule has 7 heteroatoms. The molecule has 0 aliphatic carbocycles. The maximum atomic E-state index is 12.5. The minimum absolute atomic E-state index is 0.0969. The number of benzene rings is 1. The average molecular weight is 437 g/mol. The minimum Gasteiger partial charge on any atom is -0.380 e. The van der Waals surface area contributed by atoms with Gasteiger partial charge in [-0.25, -0.2) is 18.4 Å². The summed E-state index contributed by atoms with van der Waals surface area (Å²) in [5.41, 5.74) is 4.61. The monoisotopic (exact) mass is 436 g/mol. The molecule has 0 amide bonds. The van der Waals surface area contributed by atoms with Crippen molar-refractivity contribution in [1.29, 1.82) is 0 Å². The van der Waals surface area contributed by atoms with E-state index < -0.39 is 14.6 Å². The Labute approximate surface area is 184 Å². The molecular formula is C24H28N4O2S. The van der Waals surface area contributed by atoms with E-state index in [0.29, 0.717) is 6.54 Å². The van der Waals surface area contributed by atoms with E-state index in [1.807, 2.05) is 6.20 Å². The Hall–Kier alpha value is -2.93. The molecule has 162 valence electrons. The third-order valence-corrected chi connectivity index (χ3v) is 7.98. The summed E-state index contributed by atoms with van der Waals surface area (Å²) >= 11 is 0. The second-order valence-electron chi connectivity index (χ2n) is 8.82. The van der Waals surface area contributed by atoms with Gasteiger partial charge in [0.15, 0.2) is 14.9 Å². The van der Waals surface area contributed by atoms with E-state index in [2.05, 4.69) is 56.6 Å². The molecule has 0 radical (unpaired) electrons. The van der Waals surface area contributed by atoms with Crippen LogP contribution in [0.2, 0.25) is 0 Å². The van der Waals surface area contributed by atoms with E-state index in [0.717, 1.165) is 36.6 Å². The first-order chi connectivity index (χ1) is 14.7. The topological polar surface area (TPSA) is 75.2 Å². The van der Waals surface area contributed by atoms with E-state index in [4.69, 9.17) is 0 Å². The molecule has 1 aromatic carbocycles. The highest BCUT2D eigenvalue weighted by molar-refractivity contribution is 7.92. The Morgan fingerprint density at radius 2 is 1.74 bits per heavy atom. The number of nitrogens with one attached hydrogen (secondary N) is 1. The molecule has 31 heavy (non-hydrogen) atoms. The van der Waals surface area contributed by atoms with Crippen LogP contribution in [-0.4, -0.2) is 29.7 Å². The molecule has 0 unspecified atom stereocenters. The van der Waals surface area contributed by atoms with E-state index in [1.165, 1.54) is 11.1 Å². The Bertz CT molecular complexity index is 1150. The van der Waals surface area contributed by atoms with E-state index in [-0.39, 0.29) is 5.03 Å². The van der Waals surface area contributed by atoms with Gasteiger partial charge in [-0.2, -0.15) is 0 Å². The van der Waals surface area contributed by atoms with E-state index in [1.54, 1.807) is 39.1 Å². The van der Waals surface area contributed by atoms with Crippen molar-refractivity contribution >= 4 is 21.3 Å². The van der Waals surface area contributed by atoms with Gasteiger partial charge in [-0.15, -0.1) is 0 Å². The highest BCUT2D eigenvalue weighted by atomic mass is 32.2. The fraction of sp³-hybridized carbons (Fsp3) is 0.333. The van der Waals surface area contributed by atoms with Crippen LogP contribution in [0.1, 0.15) is 37.5 Å². The molecule has 1 N–H and O–H groups in total. The van der Waals surface area contributed by atoms with Crippen LogP contribution < -0.4 is 10.2 Å². The Balaban J connectivity index is 1.37. The molecule has 2 aromatic heterocycles. The van der Waals surface area contributed by atoms with Gasteiger partial charge < -0.3 is 10.2 Å². The number of pyridine rings is 2. The van der Waals surface area contributed by atoms with Crippen LogP contribution in [0.5, 0.6) is 0 Å². The van der Waals surface area contributed by atoms with Gasteiger partial charge in [0, 0.05) is 25.8 Å². The van der Waals surface area contributed by atoms with Crippen molar-refractivity contribution in [3.05, 3.63) is 77.6 Å². The van der Waals surface area contributed by atoms with Crippen LogP contribution in [0.3, 0.4) is 0 Å². The summed E-state index contributed by atoms with van der Waals surface area (Å²) in [6.07, 6.45) is 4.48. The molecule has 1 aliphatic rings. The normalized spacial score (nSPS) is 14.2. The quantitative estimate of drug-likeness (QED) is 0.645. The van der Waals surface area contributed by atoms with Crippen LogP contribution in [0.15, 0.2) is 66.0 Å². The molecule has 0 spiro atoms. The van der Waals surface area contributed by atoms with Gasteiger partial charge in [0.2, 0.25) is 0 Å². The molecule has 0 saturated heterocycles. The van der Waals surface area contributed by atoms with Gasteiger partial charge in [0.05, 0.1) is 16.6 Å². The van der Waals surface area contributed by atoms with E-state index >= 15 is 0 Å². The maximum absolute atomic E-state index is 12.5. The molecule has 0 saturated carbocycles. The predicted molar refractivity (Wildman–Crippen MR) is 124 cm³/mol. The first-order valence-electron chi connectivity index (χ1n) is 10.5. The number of fused-ring (bicyclic) bond motifs is 1. The van der Waals surface area contributed by atoms with Crippen molar-refractivity contribution < 1.29 is 8.42 Å². The molecule has 0 fully saturated rings. The zero-order valence-corrected chi connectivity index (χ0v) is 19.0. The van der Waals surface area contributed by atoms with Crippen molar-refractivity contribution in [3.63, 3.8) is 0 Å². The van der Waals surface area contributed by atoms with Gasteiger partial charge in [0.25, 0.3) is 0 Å². The van der Waals surface area contributed by atoms with Crippen LogP contribution in [0.25, 0.3) is 0 Å². The molecule has 0 atom stereocenters. The van der Waals surface area contributed by atoms with Crippen LogP contribution in [0, 0.1) is 0 Å². The number of hydrogen-bond donors (Lipinski definition) is 1. The Kier molecular flexibility index (Phi) is 5.71. The van der Waals surface area contributed by atoms with Crippen molar-refractivity contribution in [2.75, 3.05) is 16.8 Å². The lowest BCUT2D eigenvalue weighted by atomic mass is 10.00. The fourth-order valence-corrected chi connectivity index (χ4v) is 4.63. The standard InChI is InChI=1S/C24H28N4O2S/c1-24(2,3)31(29,30)23-11-9-21(16-27-23)25-14-18-8-10-22(26-15-18)28-13-12-19-6-4-5-7-20(19)17-28/h4-11,15-16,25H,12-14,17H2,1-3H3. The number of aromatic nitrogens is 2. The van der Waals surface area contributed by atoms with Crippen molar-refractivity contribution in [2.24, 2.45) is 0 Å². The third-order valence-electron chi connectivity index (χ3n) is 5.58. The molecule has 4 rings (SSSR count). The molecule has 3 heterocycles. The number of anilines is 2. The number of rotatable bonds is 5. The van der Waals surface area contributed by atoms with Gasteiger partial charge >= 0.3 is 0 Å². The summed E-state index contributed by atoms with van der Waals surface area (Å²) in [7, 11) is -3.45. The zero-order valence-electron chi connectivity index (χ0n) is 18.2. The van der Waals surface area contributed by atoms with Crippen LogP contribution in [0.4, 0.5) is 11.5 Å². The number of nitrogens with zero attached hydrogens (tertiary/aromatic N) is 3. The minimum atomic E-state index is -3.45. The molecule has 1 aliphatic heterocycles. The Morgan fingerprint density at radius 3 is 2.39 bits per heavy atom. The van der Waals surface area contributed by atoms with Gasteiger partial charge in [-0.05, 0) is 62.1 Å². The molecule has 6 nitrogen and oxygen atoms in total. The van der Waals surface area contributed by atoms with E-state index in [9.17, 15) is 8.42 Å². The largest absolute Gasteiger partial charge is 0.380 e. The first-order valence-corrected chi connectivity index (χ1v) is 11.9. The van der Waals surface area contributed by atoms with Crippen molar-refractivity contribution in [3.8, 4) is 0 Å². The van der Waals surface area contributed by atoms with Gasteiger partial charge in [-0.1, -0.05) is 30.3 Å².